The first-order chi connectivity index (χ1) is 12.2. The van der Waals surface area contributed by atoms with Crippen molar-refractivity contribution < 1.29 is 9.53 Å². The summed E-state index contributed by atoms with van der Waals surface area (Å²) in [5.41, 5.74) is 1.57. The van der Waals surface area contributed by atoms with Gasteiger partial charge in [-0.1, -0.05) is 17.7 Å². The maximum Gasteiger partial charge on any atom is 0.262 e. The molecular weight excluding hydrogens is 342 g/mol. The van der Waals surface area contributed by atoms with Gasteiger partial charge in [0, 0.05) is 5.02 Å². The largest absolute Gasteiger partial charge is 0.484 e. The third kappa shape index (κ3) is 4.13. The first kappa shape index (κ1) is 16.5. The smallest absolute Gasteiger partial charge is 0.262 e. The second-order valence-electron chi connectivity index (χ2n) is 4.98. The summed E-state index contributed by atoms with van der Waals surface area (Å²) in [4.78, 5) is 16.1. The third-order valence-electron chi connectivity index (χ3n) is 3.23. The van der Waals surface area contributed by atoms with Crippen LogP contribution in [0, 0.1) is 11.3 Å². The van der Waals surface area contributed by atoms with Crippen LogP contribution in [0.4, 0.5) is 5.69 Å². The molecule has 3 aromatic rings. The number of halogens is 1. The number of amides is 1. The average molecular weight is 354 g/mol. The van der Waals surface area contributed by atoms with Gasteiger partial charge in [0.15, 0.2) is 6.61 Å². The number of carbonyl (C=O) groups excluding carboxylic acids is 1. The van der Waals surface area contributed by atoms with Gasteiger partial charge in [0.1, 0.15) is 18.4 Å². The number of nitrogens with zero attached hydrogens (tertiary/aromatic N) is 4. The van der Waals surface area contributed by atoms with E-state index in [1.54, 1.807) is 42.5 Å². The maximum atomic E-state index is 12.2. The van der Waals surface area contributed by atoms with Crippen LogP contribution >= 0.6 is 11.6 Å². The molecule has 0 fully saturated rings. The lowest BCUT2D eigenvalue weighted by molar-refractivity contribution is -0.118. The minimum absolute atomic E-state index is 0.210. The zero-order chi connectivity index (χ0) is 17.6. The summed E-state index contributed by atoms with van der Waals surface area (Å²) in [6, 6.07) is 13.6. The van der Waals surface area contributed by atoms with Crippen molar-refractivity contribution in [3.05, 3.63) is 65.7 Å². The molecule has 0 aliphatic carbocycles. The van der Waals surface area contributed by atoms with Gasteiger partial charge in [-0.15, -0.1) is 0 Å². The first-order valence-electron chi connectivity index (χ1n) is 7.23. The van der Waals surface area contributed by atoms with Gasteiger partial charge < -0.3 is 10.1 Å². The molecule has 124 valence electrons. The van der Waals surface area contributed by atoms with Gasteiger partial charge in [0.05, 0.1) is 23.0 Å². The van der Waals surface area contributed by atoms with E-state index in [-0.39, 0.29) is 12.5 Å². The maximum absolute atomic E-state index is 12.2. The van der Waals surface area contributed by atoms with Gasteiger partial charge in [0.25, 0.3) is 5.91 Å². The number of anilines is 1. The van der Waals surface area contributed by atoms with Gasteiger partial charge in [-0.05, 0) is 36.4 Å². The van der Waals surface area contributed by atoms with Gasteiger partial charge in [0.2, 0.25) is 0 Å². The molecule has 2 aromatic carbocycles. The van der Waals surface area contributed by atoms with Crippen LogP contribution in [0.1, 0.15) is 5.56 Å². The Kier molecular flexibility index (Phi) is 4.92. The van der Waals surface area contributed by atoms with Crippen LogP contribution in [0.5, 0.6) is 5.75 Å². The van der Waals surface area contributed by atoms with E-state index < -0.39 is 0 Å². The van der Waals surface area contributed by atoms with Crippen molar-refractivity contribution in [1.29, 1.82) is 5.26 Å². The van der Waals surface area contributed by atoms with E-state index in [9.17, 15) is 4.79 Å². The number of carbonyl (C=O) groups is 1. The Morgan fingerprint density at radius 2 is 2.20 bits per heavy atom. The van der Waals surface area contributed by atoms with E-state index in [2.05, 4.69) is 15.4 Å². The van der Waals surface area contributed by atoms with Crippen molar-refractivity contribution >= 4 is 23.2 Å². The molecule has 0 unspecified atom stereocenters. The van der Waals surface area contributed by atoms with E-state index in [0.717, 1.165) is 0 Å². The molecule has 1 amide bonds. The fourth-order valence-electron chi connectivity index (χ4n) is 2.13. The minimum atomic E-state index is -0.369. The zero-order valence-corrected chi connectivity index (χ0v) is 13.6. The second kappa shape index (κ2) is 7.47. The number of nitriles is 1. The number of nitrogens with one attached hydrogen (secondary N) is 1. The molecule has 3 rings (SSSR count). The summed E-state index contributed by atoms with van der Waals surface area (Å²) in [5.74, 6) is 0.0720. The van der Waals surface area contributed by atoms with Crippen LogP contribution in [-0.2, 0) is 4.79 Å². The molecule has 0 atom stereocenters. The average Bonchev–Trinajstić information content (AvgIpc) is 3.15. The van der Waals surface area contributed by atoms with Crippen molar-refractivity contribution in [2.75, 3.05) is 11.9 Å². The minimum Gasteiger partial charge on any atom is -0.484 e. The van der Waals surface area contributed by atoms with E-state index in [4.69, 9.17) is 21.6 Å². The van der Waals surface area contributed by atoms with Crippen LogP contribution in [0.2, 0.25) is 5.02 Å². The molecule has 0 spiro atoms. The molecule has 7 nitrogen and oxygen atoms in total. The molecule has 0 saturated heterocycles. The van der Waals surface area contributed by atoms with Gasteiger partial charge >= 0.3 is 0 Å². The van der Waals surface area contributed by atoms with Gasteiger partial charge in [-0.25, -0.2) is 9.67 Å². The van der Waals surface area contributed by atoms with Crippen LogP contribution < -0.4 is 10.1 Å². The van der Waals surface area contributed by atoms with Gasteiger partial charge in [-0.2, -0.15) is 10.4 Å². The summed E-state index contributed by atoms with van der Waals surface area (Å²) < 4.78 is 6.93. The Morgan fingerprint density at radius 3 is 2.96 bits per heavy atom. The molecule has 1 N–H and O–H groups in total. The molecule has 0 radical (unpaired) electrons. The Balaban J connectivity index is 1.71. The molecular formula is C17H12ClN5O2. The number of hydrogen-bond donors (Lipinski definition) is 1. The standard InChI is InChI=1S/C17H12ClN5O2/c18-13-4-5-16(23-11-20-10-21-23)15(7-13)22-17(24)9-25-14-3-1-2-12(6-14)8-19/h1-7,10-11H,9H2,(H,22,24). The summed E-state index contributed by atoms with van der Waals surface area (Å²) in [6.45, 7) is -0.210. The Morgan fingerprint density at radius 1 is 1.32 bits per heavy atom. The normalized spacial score (nSPS) is 10.1. The number of aromatic nitrogens is 3. The van der Waals surface area contributed by atoms with E-state index in [0.29, 0.717) is 27.7 Å². The monoisotopic (exact) mass is 353 g/mol. The molecule has 0 bridgehead atoms. The Hall–Kier alpha value is -3.37. The SMILES string of the molecule is N#Cc1cccc(OCC(=O)Nc2cc(Cl)ccc2-n2cncn2)c1. The van der Waals surface area contributed by atoms with Crippen molar-refractivity contribution in [2.45, 2.75) is 0 Å². The molecule has 0 saturated carbocycles. The van der Waals surface area contributed by atoms with Crippen LogP contribution in [-0.4, -0.2) is 27.3 Å². The predicted molar refractivity (Wildman–Crippen MR) is 91.7 cm³/mol. The van der Waals surface area contributed by atoms with E-state index in [1.165, 1.54) is 17.3 Å². The lowest BCUT2D eigenvalue weighted by atomic mass is 10.2. The Bertz CT molecular complexity index is 934. The third-order valence-corrected chi connectivity index (χ3v) is 3.47. The molecule has 0 aliphatic heterocycles. The highest BCUT2D eigenvalue weighted by Gasteiger charge is 2.11. The lowest BCUT2D eigenvalue weighted by Crippen LogP contribution is -2.21. The molecule has 1 heterocycles. The highest BCUT2D eigenvalue weighted by Crippen LogP contribution is 2.24. The summed E-state index contributed by atoms with van der Waals surface area (Å²) in [5, 5.41) is 16.1. The summed E-state index contributed by atoms with van der Waals surface area (Å²) >= 11 is 6.01. The predicted octanol–water partition coefficient (Wildman–Crippen LogP) is 2.81. The lowest BCUT2D eigenvalue weighted by Gasteiger charge is -2.12. The number of benzene rings is 2. The molecule has 8 heteroatoms. The van der Waals surface area contributed by atoms with E-state index in [1.807, 2.05) is 6.07 Å². The van der Waals surface area contributed by atoms with Crippen LogP contribution in [0.3, 0.4) is 0 Å². The number of rotatable bonds is 5. The fraction of sp³-hybridized carbons (Fsp3) is 0.0588. The number of hydrogen-bond acceptors (Lipinski definition) is 5. The highest BCUT2D eigenvalue weighted by atomic mass is 35.5. The topological polar surface area (TPSA) is 92.8 Å². The van der Waals surface area contributed by atoms with Gasteiger partial charge in [-0.3, -0.25) is 4.79 Å². The van der Waals surface area contributed by atoms with Crippen LogP contribution in [0.25, 0.3) is 5.69 Å². The second-order valence-corrected chi connectivity index (χ2v) is 5.41. The first-order valence-corrected chi connectivity index (χ1v) is 7.61. The summed E-state index contributed by atoms with van der Waals surface area (Å²) in [6.07, 6.45) is 2.91. The highest BCUT2D eigenvalue weighted by molar-refractivity contribution is 6.31. The quantitative estimate of drug-likeness (QED) is 0.761. The van der Waals surface area contributed by atoms with Crippen molar-refractivity contribution in [2.24, 2.45) is 0 Å². The van der Waals surface area contributed by atoms with Crippen molar-refractivity contribution in [1.82, 2.24) is 14.8 Å². The molecule has 0 aliphatic rings. The number of ether oxygens (including phenoxy) is 1. The summed E-state index contributed by atoms with van der Waals surface area (Å²) in [7, 11) is 0. The van der Waals surface area contributed by atoms with Crippen LogP contribution in [0.15, 0.2) is 55.1 Å². The van der Waals surface area contributed by atoms with E-state index >= 15 is 0 Å². The zero-order valence-electron chi connectivity index (χ0n) is 12.9. The molecule has 25 heavy (non-hydrogen) atoms. The fourth-order valence-corrected chi connectivity index (χ4v) is 2.30. The Labute approximate surface area is 148 Å². The molecule has 1 aromatic heterocycles. The van der Waals surface area contributed by atoms with Crippen molar-refractivity contribution in [3.63, 3.8) is 0 Å². The van der Waals surface area contributed by atoms with Crippen molar-refractivity contribution in [3.8, 4) is 17.5 Å².